The average Bonchev–Trinajstić information content (AvgIpc) is 3.05. The number of nitrogens with zero attached hydrogens (tertiary/aromatic N) is 4. The molecule has 1 N–H and O–H groups in total. The van der Waals surface area contributed by atoms with Crippen LogP contribution in [0, 0.1) is 5.82 Å². The first-order chi connectivity index (χ1) is 11.8. The molecule has 0 bridgehead atoms. The fraction of sp³-hybridized carbons (Fsp3) is 0.278. The molecule has 3 heterocycles. The van der Waals surface area contributed by atoms with Crippen LogP contribution in [0.1, 0.15) is 17.8 Å². The Morgan fingerprint density at radius 3 is 2.83 bits per heavy atom. The van der Waals surface area contributed by atoms with Crippen LogP contribution in [0.4, 0.5) is 4.39 Å². The molecule has 122 valence electrons. The quantitative estimate of drug-likeness (QED) is 0.802. The van der Waals surface area contributed by atoms with Crippen LogP contribution in [-0.4, -0.2) is 25.8 Å². The van der Waals surface area contributed by atoms with E-state index in [1.54, 1.807) is 18.3 Å². The van der Waals surface area contributed by atoms with Crippen molar-refractivity contribution in [2.24, 2.45) is 0 Å². The zero-order valence-corrected chi connectivity index (χ0v) is 13.2. The van der Waals surface area contributed by atoms with Crippen LogP contribution in [0.25, 0.3) is 11.4 Å². The predicted octanol–water partition coefficient (Wildman–Crippen LogP) is 2.58. The number of nitrogens with one attached hydrogen (secondary N) is 1. The number of aromatic nitrogens is 4. The third kappa shape index (κ3) is 3.05. The van der Waals surface area contributed by atoms with Gasteiger partial charge in [0.25, 0.3) is 0 Å². The molecule has 0 amide bonds. The highest BCUT2D eigenvalue weighted by Crippen LogP contribution is 2.23. The summed E-state index contributed by atoms with van der Waals surface area (Å²) in [5.74, 6) is 1.56. The molecule has 0 saturated carbocycles. The molecule has 24 heavy (non-hydrogen) atoms. The third-order valence-electron chi connectivity index (χ3n) is 4.37. The summed E-state index contributed by atoms with van der Waals surface area (Å²) in [5, 5.41) is 12.2. The van der Waals surface area contributed by atoms with E-state index in [0.717, 1.165) is 43.1 Å². The SMILES string of the molecule is Fc1ccc(-c2nnc3n2C[C@@H](NCc2cccnc2)CC3)cc1. The topological polar surface area (TPSA) is 55.6 Å². The van der Waals surface area contributed by atoms with E-state index in [4.69, 9.17) is 0 Å². The molecule has 2 aromatic heterocycles. The Hall–Kier alpha value is -2.60. The maximum atomic E-state index is 13.1. The van der Waals surface area contributed by atoms with Crippen molar-refractivity contribution in [1.29, 1.82) is 0 Å². The van der Waals surface area contributed by atoms with Crippen molar-refractivity contribution in [3.8, 4) is 11.4 Å². The van der Waals surface area contributed by atoms with Gasteiger partial charge in [-0.1, -0.05) is 6.07 Å². The lowest BCUT2D eigenvalue weighted by Crippen LogP contribution is -2.37. The predicted molar refractivity (Wildman–Crippen MR) is 88.6 cm³/mol. The Bertz CT molecular complexity index is 813. The van der Waals surface area contributed by atoms with Crippen LogP contribution >= 0.6 is 0 Å². The number of rotatable bonds is 4. The molecule has 0 spiro atoms. The van der Waals surface area contributed by atoms with Gasteiger partial charge in [-0.05, 0) is 42.3 Å². The van der Waals surface area contributed by atoms with Gasteiger partial charge in [0.2, 0.25) is 0 Å². The van der Waals surface area contributed by atoms with Crippen molar-refractivity contribution in [2.75, 3.05) is 0 Å². The van der Waals surface area contributed by atoms with Crippen LogP contribution in [0.5, 0.6) is 0 Å². The van der Waals surface area contributed by atoms with Crippen molar-refractivity contribution in [1.82, 2.24) is 25.1 Å². The Morgan fingerprint density at radius 2 is 2.04 bits per heavy atom. The van der Waals surface area contributed by atoms with E-state index < -0.39 is 0 Å². The maximum Gasteiger partial charge on any atom is 0.164 e. The lowest BCUT2D eigenvalue weighted by atomic mass is 10.1. The van der Waals surface area contributed by atoms with Gasteiger partial charge < -0.3 is 9.88 Å². The Labute approximate surface area is 139 Å². The molecule has 0 unspecified atom stereocenters. The van der Waals surface area contributed by atoms with Crippen LogP contribution in [0.15, 0.2) is 48.8 Å². The molecule has 0 radical (unpaired) electrons. The molecule has 6 heteroatoms. The average molecular weight is 323 g/mol. The van der Waals surface area contributed by atoms with Crippen LogP contribution in [0.2, 0.25) is 0 Å². The fourth-order valence-electron chi connectivity index (χ4n) is 3.07. The highest BCUT2D eigenvalue weighted by Gasteiger charge is 2.23. The van der Waals surface area contributed by atoms with Gasteiger partial charge >= 0.3 is 0 Å². The number of hydrogen-bond acceptors (Lipinski definition) is 4. The molecule has 1 atom stereocenters. The minimum Gasteiger partial charge on any atom is -0.309 e. The minimum absolute atomic E-state index is 0.242. The second-order valence-corrected chi connectivity index (χ2v) is 6.04. The molecule has 0 fully saturated rings. The van der Waals surface area contributed by atoms with Crippen molar-refractivity contribution < 1.29 is 4.39 Å². The summed E-state index contributed by atoms with van der Waals surface area (Å²) in [6.07, 6.45) is 5.58. The van der Waals surface area contributed by atoms with Crippen LogP contribution in [0.3, 0.4) is 0 Å². The maximum absolute atomic E-state index is 13.1. The number of benzene rings is 1. The normalized spacial score (nSPS) is 16.8. The number of hydrogen-bond donors (Lipinski definition) is 1. The minimum atomic E-state index is -0.242. The molecule has 4 rings (SSSR count). The van der Waals surface area contributed by atoms with Crippen LogP contribution < -0.4 is 5.32 Å². The summed E-state index contributed by atoms with van der Waals surface area (Å²) < 4.78 is 15.3. The van der Waals surface area contributed by atoms with E-state index in [2.05, 4.69) is 31.1 Å². The summed E-state index contributed by atoms with van der Waals surface area (Å²) >= 11 is 0. The van der Waals surface area contributed by atoms with Crippen molar-refractivity contribution in [3.63, 3.8) is 0 Å². The lowest BCUT2D eigenvalue weighted by molar-refractivity contribution is 0.380. The van der Waals surface area contributed by atoms with Gasteiger partial charge in [-0.25, -0.2) is 4.39 Å². The van der Waals surface area contributed by atoms with Gasteiger partial charge in [0.15, 0.2) is 5.82 Å². The van der Waals surface area contributed by atoms with Gasteiger partial charge in [-0.2, -0.15) is 0 Å². The van der Waals surface area contributed by atoms with Crippen molar-refractivity contribution in [2.45, 2.75) is 32.0 Å². The Kier molecular flexibility index (Phi) is 4.04. The highest BCUT2D eigenvalue weighted by molar-refractivity contribution is 5.55. The number of fused-ring (bicyclic) bond motifs is 1. The standard InChI is InChI=1S/C18H18FN5/c19-15-5-3-14(4-6-15)18-23-22-17-8-7-16(12-24(17)18)21-11-13-2-1-9-20-10-13/h1-6,9-10,16,21H,7-8,11-12H2/t16-/m0/s1. The summed E-state index contributed by atoms with van der Waals surface area (Å²) in [4.78, 5) is 4.14. The van der Waals surface area contributed by atoms with Gasteiger partial charge in [0, 0.05) is 43.5 Å². The van der Waals surface area contributed by atoms with E-state index in [9.17, 15) is 4.39 Å². The third-order valence-corrected chi connectivity index (χ3v) is 4.37. The van der Waals surface area contributed by atoms with Crippen LogP contribution in [-0.2, 0) is 19.5 Å². The highest BCUT2D eigenvalue weighted by atomic mass is 19.1. The Balaban J connectivity index is 1.50. The largest absolute Gasteiger partial charge is 0.309 e. The molecule has 1 aliphatic rings. The summed E-state index contributed by atoms with van der Waals surface area (Å²) in [5.41, 5.74) is 2.06. The number of halogens is 1. The molecule has 3 aromatic rings. The monoisotopic (exact) mass is 323 g/mol. The molecular weight excluding hydrogens is 305 g/mol. The first-order valence-electron chi connectivity index (χ1n) is 8.10. The van der Waals surface area contributed by atoms with Gasteiger partial charge in [0.05, 0.1) is 0 Å². The fourth-order valence-corrected chi connectivity index (χ4v) is 3.07. The first kappa shape index (κ1) is 15.0. The zero-order chi connectivity index (χ0) is 16.4. The summed E-state index contributed by atoms with van der Waals surface area (Å²) in [7, 11) is 0. The van der Waals surface area contributed by atoms with Crippen molar-refractivity contribution in [3.05, 3.63) is 66.0 Å². The molecule has 1 aromatic carbocycles. The molecule has 0 aliphatic carbocycles. The van der Waals surface area contributed by atoms with Gasteiger partial charge in [0.1, 0.15) is 11.6 Å². The lowest BCUT2D eigenvalue weighted by Gasteiger charge is -2.25. The number of pyridine rings is 1. The second kappa shape index (κ2) is 6.49. The van der Waals surface area contributed by atoms with E-state index in [1.807, 2.05) is 12.3 Å². The van der Waals surface area contributed by atoms with E-state index in [-0.39, 0.29) is 5.82 Å². The molecule has 1 aliphatic heterocycles. The first-order valence-corrected chi connectivity index (χ1v) is 8.10. The number of aryl methyl sites for hydroxylation is 1. The van der Waals surface area contributed by atoms with Gasteiger partial charge in [-0.15, -0.1) is 10.2 Å². The molecule has 5 nitrogen and oxygen atoms in total. The van der Waals surface area contributed by atoms with E-state index in [1.165, 1.54) is 17.7 Å². The molecular formula is C18H18FN5. The summed E-state index contributed by atoms with van der Waals surface area (Å²) in [6.45, 7) is 1.61. The van der Waals surface area contributed by atoms with Gasteiger partial charge in [-0.3, -0.25) is 4.98 Å². The molecule has 0 saturated heterocycles. The Morgan fingerprint density at radius 1 is 1.17 bits per heavy atom. The zero-order valence-electron chi connectivity index (χ0n) is 13.2. The second-order valence-electron chi connectivity index (χ2n) is 6.04. The summed E-state index contributed by atoms with van der Waals surface area (Å²) in [6, 6.07) is 10.8. The van der Waals surface area contributed by atoms with Crippen molar-refractivity contribution >= 4 is 0 Å². The van der Waals surface area contributed by atoms with E-state index in [0.29, 0.717) is 6.04 Å². The smallest absolute Gasteiger partial charge is 0.164 e. The van der Waals surface area contributed by atoms with E-state index >= 15 is 0 Å².